The molecule has 0 saturated carbocycles. The number of unbranched alkanes of at least 4 members (excludes halogenated alkanes) is 6. The van der Waals surface area contributed by atoms with Gasteiger partial charge < -0.3 is 29.4 Å². The van der Waals surface area contributed by atoms with E-state index in [9.17, 15) is 0 Å². The van der Waals surface area contributed by atoms with E-state index in [2.05, 4.69) is 67.8 Å². The van der Waals surface area contributed by atoms with E-state index in [0.717, 1.165) is 0 Å². The maximum atomic E-state index is 7.56. The number of benzene rings is 1. The first-order valence-electron chi connectivity index (χ1n) is 9.67. The molecule has 173 valence electrons. The van der Waals surface area contributed by atoms with Crippen molar-refractivity contribution in [3.05, 3.63) is 30.3 Å². The van der Waals surface area contributed by atoms with Gasteiger partial charge in [-0.3, -0.25) is 0 Å². The predicted molar refractivity (Wildman–Crippen MR) is 126 cm³/mol. The Hall–Kier alpha value is 0.968. The molecule has 0 aliphatic carbocycles. The van der Waals surface area contributed by atoms with E-state index in [1.165, 1.54) is 51.4 Å². The first-order valence-corrected chi connectivity index (χ1v) is 18.8. The fourth-order valence-corrected chi connectivity index (χ4v) is 8.07. The summed E-state index contributed by atoms with van der Waals surface area (Å²) in [5, 5.41) is 0. The minimum absolute atomic E-state index is 1.01. The van der Waals surface area contributed by atoms with Gasteiger partial charge in [0.1, 0.15) is 0 Å². The van der Waals surface area contributed by atoms with Crippen molar-refractivity contribution in [2.75, 3.05) is 0 Å². The van der Waals surface area contributed by atoms with Crippen LogP contribution < -0.4 is 3.95 Å². The monoisotopic (exact) mass is 573 g/mol. The summed E-state index contributed by atoms with van der Waals surface area (Å²) in [5.41, 5.74) is 0. The molecule has 6 N–H and O–H groups in total. The number of hydrogen-bond donors (Lipinski definition) is 6. The van der Waals surface area contributed by atoms with Gasteiger partial charge in [0, 0.05) is 0 Å². The summed E-state index contributed by atoms with van der Waals surface area (Å²) >= 11 is 6.20. The molecule has 11 heteroatoms. The molecule has 0 aromatic heterocycles. The van der Waals surface area contributed by atoms with Crippen molar-refractivity contribution >= 4 is 41.0 Å². The third-order valence-electron chi connectivity index (χ3n) is 3.57. The minimum atomic E-state index is -3.81. The Balaban J connectivity index is 0. The molecule has 0 atom stereocenters. The Bertz CT molecular complexity index is 534. The van der Waals surface area contributed by atoms with Crippen LogP contribution in [0, 0.1) is 0 Å². The topological polar surface area (TPSA) is 121 Å². The van der Waals surface area contributed by atoms with Crippen molar-refractivity contribution in [3.63, 3.8) is 0 Å². The van der Waals surface area contributed by atoms with E-state index in [0.29, 0.717) is 0 Å². The van der Waals surface area contributed by atoms with E-state index in [1.54, 1.807) is 13.6 Å². The van der Waals surface area contributed by atoms with Crippen LogP contribution in [-0.4, -0.2) is 29.4 Å². The summed E-state index contributed by atoms with van der Waals surface area (Å²) in [7, 11) is 0. The Morgan fingerprint density at radius 1 is 0.655 bits per heavy atom. The van der Waals surface area contributed by atoms with Crippen molar-refractivity contribution in [1.82, 2.24) is 0 Å². The van der Waals surface area contributed by atoms with Gasteiger partial charge in [-0.2, -0.15) is 0 Å². The van der Waals surface area contributed by atoms with Gasteiger partial charge in [-0.25, -0.2) is 0 Å². The normalized spacial score (nSPS) is 11.3. The van der Waals surface area contributed by atoms with Crippen molar-refractivity contribution in [1.29, 1.82) is 0 Å². The van der Waals surface area contributed by atoms with Gasteiger partial charge in [0.2, 0.25) is 0 Å². The van der Waals surface area contributed by atoms with Gasteiger partial charge in [0.25, 0.3) is 0 Å². The molecule has 0 aliphatic heterocycles. The van der Waals surface area contributed by atoms with Gasteiger partial charge in [0.15, 0.2) is 0 Å². The van der Waals surface area contributed by atoms with Crippen molar-refractivity contribution in [3.8, 4) is 0 Å². The van der Waals surface area contributed by atoms with E-state index >= 15 is 0 Å². The molecule has 0 spiro atoms. The van der Waals surface area contributed by atoms with Gasteiger partial charge in [0.05, 0.1) is 0 Å². The molecular weight excluding hydrogens is 534 g/mol. The Morgan fingerprint density at radius 2 is 1.00 bits per heavy atom. The smallest absolute Gasteiger partial charge is 0.319 e. The molecule has 0 saturated heterocycles. The van der Waals surface area contributed by atoms with Crippen molar-refractivity contribution in [2.24, 2.45) is 0 Å². The maximum Gasteiger partial charge on any atom is 0.319 e. The zero-order valence-corrected chi connectivity index (χ0v) is 22.7. The summed E-state index contributed by atoms with van der Waals surface area (Å²) < 4.78 is 1.74. The number of rotatable bonds is 11. The van der Waals surface area contributed by atoms with Crippen LogP contribution in [0.4, 0.5) is 0 Å². The Labute approximate surface area is 192 Å². The second-order valence-electron chi connectivity index (χ2n) is 6.36. The predicted octanol–water partition coefficient (Wildman–Crippen LogP) is 4.30. The Kier molecular flexibility index (Phi) is 21.8. The van der Waals surface area contributed by atoms with E-state index < -0.39 is 30.7 Å². The molecule has 1 aromatic carbocycles. The SMILES string of the molecule is CCCCC[CH2][Mo]([CH2]CCCCC)[c]1ccccc1.OP(O)(O)=S.OP(O)(O)=S. The van der Waals surface area contributed by atoms with Crippen LogP contribution in [0.5, 0.6) is 0 Å². The molecule has 0 amide bonds. The van der Waals surface area contributed by atoms with E-state index in [4.69, 9.17) is 29.4 Å². The zero-order valence-electron chi connectivity index (χ0n) is 17.3. The van der Waals surface area contributed by atoms with E-state index in [1.807, 2.05) is 0 Å². The summed E-state index contributed by atoms with van der Waals surface area (Å²) in [6.07, 6.45) is 11.4. The molecule has 0 aliphatic rings. The van der Waals surface area contributed by atoms with Crippen LogP contribution in [0.15, 0.2) is 30.3 Å². The first kappa shape index (κ1) is 32.1. The average Bonchev–Trinajstić information content (AvgIpc) is 2.58. The molecule has 0 bridgehead atoms. The summed E-state index contributed by atoms with van der Waals surface area (Å²) in [6, 6.07) is 11.4. The van der Waals surface area contributed by atoms with Crippen molar-refractivity contribution in [2.45, 2.75) is 74.8 Å². The Morgan fingerprint density at radius 3 is 1.31 bits per heavy atom. The summed E-state index contributed by atoms with van der Waals surface area (Å²) in [6.45, 7) is -3.00. The van der Waals surface area contributed by atoms with Gasteiger partial charge in [-0.05, 0) is 23.6 Å². The third-order valence-corrected chi connectivity index (χ3v) is 9.71. The zero-order chi connectivity index (χ0) is 22.8. The minimum Gasteiger partial charge on any atom is -0.325 e. The molecule has 0 unspecified atom stereocenters. The fraction of sp³-hybridized carbons (Fsp3) is 0.667. The van der Waals surface area contributed by atoms with Crippen LogP contribution in [0.1, 0.15) is 65.2 Å². The molecular formula is C18H37MoO6P2S2. The molecule has 1 rings (SSSR count). The van der Waals surface area contributed by atoms with Crippen LogP contribution in [-0.2, 0) is 40.9 Å². The quantitative estimate of drug-likeness (QED) is 0.132. The summed E-state index contributed by atoms with van der Waals surface area (Å²) in [4.78, 5) is 48.5. The second-order valence-corrected chi connectivity index (χ2v) is 16.9. The standard InChI is InChI=1S/C6H5.2C6H13.Mo.2H3O3PS/c1-2-4-6-5-3-1;2*1-3-5-6-4-2;;2*1-4(2,3)5/h1-5H;2*1,3-6H2,2H3;;2*(H3,1,2,3,5). The van der Waals surface area contributed by atoms with Gasteiger partial charge >= 0.3 is 140 Å². The van der Waals surface area contributed by atoms with Crippen LogP contribution in [0.2, 0.25) is 9.62 Å². The first-order chi connectivity index (χ1) is 13.4. The summed E-state index contributed by atoms with van der Waals surface area (Å²) in [5.74, 6) is 0. The molecule has 0 heterocycles. The van der Waals surface area contributed by atoms with Crippen LogP contribution in [0.3, 0.4) is 0 Å². The maximum absolute atomic E-state index is 7.56. The van der Waals surface area contributed by atoms with Crippen LogP contribution >= 0.6 is 13.4 Å². The van der Waals surface area contributed by atoms with E-state index in [-0.39, 0.29) is 0 Å². The largest absolute Gasteiger partial charge is 0.325 e. The fourth-order valence-electron chi connectivity index (χ4n) is 2.36. The van der Waals surface area contributed by atoms with Crippen LogP contribution in [0.25, 0.3) is 0 Å². The molecule has 29 heavy (non-hydrogen) atoms. The third kappa shape index (κ3) is 33.8. The van der Waals surface area contributed by atoms with Gasteiger partial charge in [-0.1, -0.05) is 0 Å². The second kappa shape index (κ2) is 19.6. The molecule has 6 nitrogen and oxygen atoms in total. The van der Waals surface area contributed by atoms with Gasteiger partial charge in [-0.15, -0.1) is 0 Å². The molecule has 0 fully saturated rings. The average molecular weight is 572 g/mol. The van der Waals surface area contributed by atoms with Crippen molar-refractivity contribution < 1.29 is 46.7 Å². The molecule has 0 radical (unpaired) electrons. The molecule has 1 aromatic rings. The number of hydrogen-bond acceptors (Lipinski definition) is 2.